The van der Waals surface area contributed by atoms with Gasteiger partial charge in [0.1, 0.15) is 5.01 Å². The van der Waals surface area contributed by atoms with E-state index in [2.05, 4.69) is 21.8 Å². The fraction of sp³-hybridized carbons (Fsp3) is 0.222. The average molecular weight is 403 g/mol. The molecule has 0 aliphatic carbocycles. The number of aryl methyl sites for hydroxylation is 1. The third-order valence-electron chi connectivity index (χ3n) is 3.65. The summed E-state index contributed by atoms with van der Waals surface area (Å²) in [4.78, 5) is 19.3. The quantitative estimate of drug-likeness (QED) is 0.587. The SMILES string of the molecule is C=CCN1C(=O)/C(=C/c2ccc(O)c(OC)c2)SC1=Nc1nnc(CC)s1. The molecule has 9 heteroatoms. The van der Waals surface area contributed by atoms with Crippen molar-refractivity contribution in [2.75, 3.05) is 13.7 Å². The third kappa shape index (κ3) is 4.20. The van der Waals surface area contributed by atoms with E-state index in [0.29, 0.717) is 27.5 Å². The molecule has 3 rings (SSSR count). The highest BCUT2D eigenvalue weighted by molar-refractivity contribution is 8.18. The van der Waals surface area contributed by atoms with Gasteiger partial charge in [-0.1, -0.05) is 30.4 Å². The van der Waals surface area contributed by atoms with Gasteiger partial charge in [0.05, 0.1) is 12.0 Å². The van der Waals surface area contributed by atoms with Gasteiger partial charge in [-0.05, 0) is 42.0 Å². The van der Waals surface area contributed by atoms with Crippen molar-refractivity contribution >= 4 is 45.4 Å². The van der Waals surface area contributed by atoms with Crippen molar-refractivity contribution < 1.29 is 14.6 Å². The van der Waals surface area contributed by atoms with Crippen LogP contribution in [0.15, 0.2) is 40.8 Å². The van der Waals surface area contributed by atoms with Crippen molar-refractivity contribution in [3.63, 3.8) is 0 Å². The molecule has 1 amide bonds. The number of aromatic hydroxyl groups is 1. The lowest BCUT2D eigenvalue weighted by Gasteiger charge is -2.11. The van der Waals surface area contributed by atoms with Gasteiger partial charge >= 0.3 is 0 Å². The molecule has 2 aromatic rings. The molecule has 1 aliphatic heterocycles. The minimum atomic E-state index is -0.161. The number of benzene rings is 1. The lowest BCUT2D eigenvalue weighted by Crippen LogP contribution is -2.29. The average Bonchev–Trinajstić information content (AvgIpc) is 3.23. The Morgan fingerprint density at radius 1 is 1.41 bits per heavy atom. The van der Waals surface area contributed by atoms with E-state index in [0.717, 1.165) is 17.0 Å². The third-order valence-corrected chi connectivity index (χ3v) is 5.62. The molecule has 0 bridgehead atoms. The Bertz CT molecular complexity index is 936. The minimum Gasteiger partial charge on any atom is -0.504 e. The normalized spacial score (nSPS) is 17.1. The topological polar surface area (TPSA) is 87.9 Å². The molecule has 1 fully saturated rings. The molecule has 0 unspecified atom stereocenters. The second kappa shape index (κ2) is 8.36. The number of thioether (sulfide) groups is 1. The molecular formula is C18H18N4O3S2. The maximum absolute atomic E-state index is 12.8. The van der Waals surface area contributed by atoms with Gasteiger partial charge in [0, 0.05) is 6.54 Å². The first-order chi connectivity index (χ1) is 13.0. The van der Waals surface area contributed by atoms with E-state index in [9.17, 15) is 9.90 Å². The van der Waals surface area contributed by atoms with Crippen molar-refractivity contribution in [2.24, 2.45) is 4.99 Å². The highest BCUT2D eigenvalue weighted by Gasteiger charge is 2.33. The zero-order valence-electron chi connectivity index (χ0n) is 14.9. The summed E-state index contributed by atoms with van der Waals surface area (Å²) in [7, 11) is 1.48. The molecule has 0 radical (unpaired) electrons. The number of rotatable bonds is 6. The zero-order valence-corrected chi connectivity index (χ0v) is 16.5. The lowest BCUT2D eigenvalue weighted by atomic mass is 10.2. The van der Waals surface area contributed by atoms with E-state index in [1.807, 2.05) is 6.92 Å². The summed E-state index contributed by atoms with van der Waals surface area (Å²) in [6.07, 6.45) is 4.18. The van der Waals surface area contributed by atoms with E-state index in [4.69, 9.17) is 4.74 Å². The van der Waals surface area contributed by atoms with Crippen LogP contribution in [-0.4, -0.2) is 44.9 Å². The number of nitrogens with zero attached hydrogens (tertiary/aromatic N) is 4. The van der Waals surface area contributed by atoms with Gasteiger partial charge in [0.15, 0.2) is 16.7 Å². The summed E-state index contributed by atoms with van der Waals surface area (Å²) >= 11 is 2.67. The molecule has 7 nitrogen and oxygen atoms in total. The molecule has 1 N–H and O–H groups in total. The number of methoxy groups -OCH3 is 1. The van der Waals surface area contributed by atoms with E-state index >= 15 is 0 Å². The van der Waals surface area contributed by atoms with Gasteiger partial charge in [-0.25, -0.2) is 0 Å². The number of amides is 1. The second-order valence-corrected chi connectivity index (χ2v) is 7.52. The summed E-state index contributed by atoms with van der Waals surface area (Å²) < 4.78 is 5.12. The maximum atomic E-state index is 12.8. The molecule has 0 saturated carbocycles. The number of carbonyl (C=O) groups is 1. The van der Waals surface area contributed by atoms with Gasteiger partial charge < -0.3 is 9.84 Å². The fourth-order valence-corrected chi connectivity index (χ4v) is 4.03. The smallest absolute Gasteiger partial charge is 0.267 e. The van der Waals surface area contributed by atoms with Gasteiger partial charge in [-0.2, -0.15) is 4.99 Å². The van der Waals surface area contributed by atoms with Gasteiger partial charge in [0.25, 0.3) is 5.91 Å². The van der Waals surface area contributed by atoms with Crippen LogP contribution in [0.25, 0.3) is 6.08 Å². The number of hydrogen-bond acceptors (Lipinski definition) is 8. The number of hydrogen-bond donors (Lipinski definition) is 1. The Balaban J connectivity index is 1.93. The number of amidine groups is 1. The highest BCUT2D eigenvalue weighted by Crippen LogP contribution is 2.36. The summed E-state index contributed by atoms with van der Waals surface area (Å²) in [6, 6.07) is 4.91. The van der Waals surface area contributed by atoms with Crippen LogP contribution in [0.3, 0.4) is 0 Å². The minimum absolute atomic E-state index is 0.0450. The van der Waals surface area contributed by atoms with Crippen molar-refractivity contribution in [2.45, 2.75) is 13.3 Å². The molecule has 27 heavy (non-hydrogen) atoms. The largest absolute Gasteiger partial charge is 0.504 e. The monoisotopic (exact) mass is 402 g/mol. The predicted molar refractivity (Wildman–Crippen MR) is 109 cm³/mol. The number of phenols is 1. The van der Waals surface area contributed by atoms with Crippen molar-refractivity contribution in [1.29, 1.82) is 0 Å². The van der Waals surface area contributed by atoms with E-state index in [1.54, 1.807) is 29.2 Å². The standard InChI is InChI=1S/C18H18N4O3S2/c1-4-8-22-16(24)14(10-11-6-7-12(23)13(9-11)25-3)26-18(22)19-17-21-20-15(5-2)27-17/h4,6-7,9-10,23H,1,5,8H2,2-3H3/b14-10-,19-18?. The molecule has 140 valence electrons. The van der Waals surface area contributed by atoms with Crippen LogP contribution in [0, 0.1) is 0 Å². The first-order valence-corrected chi connectivity index (χ1v) is 9.79. The molecule has 1 aromatic heterocycles. The number of carbonyl (C=O) groups excluding carboxylic acids is 1. The lowest BCUT2D eigenvalue weighted by molar-refractivity contribution is -0.121. The van der Waals surface area contributed by atoms with E-state index in [1.165, 1.54) is 36.3 Å². The number of ether oxygens (including phenoxy) is 1. The Hall–Kier alpha value is -2.65. The number of aromatic nitrogens is 2. The summed E-state index contributed by atoms with van der Waals surface area (Å²) in [6.45, 7) is 6.06. The van der Waals surface area contributed by atoms with E-state index < -0.39 is 0 Å². The Morgan fingerprint density at radius 3 is 2.89 bits per heavy atom. The summed E-state index contributed by atoms with van der Waals surface area (Å²) in [5.74, 6) is 0.229. The van der Waals surface area contributed by atoms with Crippen molar-refractivity contribution in [3.05, 3.63) is 46.3 Å². The molecular weight excluding hydrogens is 384 g/mol. The van der Waals surface area contributed by atoms with Crippen LogP contribution in [0.4, 0.5) is 5.13 Å². The molecule has 0 spiro atoms. The molecule has 1 aromatic carbocycles. The number of aliphatic imine (C=N–C) groups is 1. The molecule has 2 heterocycles. The summed E-state index contributed by atoms with van der Waals surface area (Å²) in [5, 5.41) is 19.8. The van der Waals surface area contributed by atoms with Crippen LogP contribution < -0.4 is 4.74 Å². The molecule has 1 saturated heterocycles. The predicted octanol–water partition coefficient (Wildman–Crippen LogP) is 3.60. The maximum Gasteiger partial charge on any atom is 0.267 e. The van der Waals surface area contributed by atoms with Crippen LogP contribution in [-0.2, 0) is 11.2 Å². The van der Waals surface area contributed by atoms with Gasteiger partial charge in [0.2, 0.25) is 5.13 Å². The molecule has 1 aliphatic rings. The number of phenolic OH excluding ortho intramolecular Hbond substituents is 1. The Labute approximate surface area is 165 Å². The van der Waals surface area contributed by atoms with Crippen molar-refractivity contribution in [1.82, 2.24) is 15.1 Å². The van der Waals surface area contributed by atoms with Crippen LogP contribution >= 0.6 is 23.1 Å². The van der Waals surface area contributed by atoms with Crippen LogP contribution in [0.1, 0.15) is 17.5 Å². The highest BCUT2D eigenvalue weighted by atomic mass is 32.2. The Kier molecular flexibility index (Phi) is 5.92. The van der Waals surface area contributed by atoms with Crippen LogP contribution in [0.2, 0.25) is 0 Å². The zero-order chi connectivity index (χ0) is 19.4. The fourth-order valence-electron chi connectivity index (χ4n) is 2.33. The summed E-state index contributed by atoms with van der Waals surface area (Å²) in [5.41, 5.74) is 0.740. The first-order valence-electron chi connectivity index (χ1n) is 8.16. The first kappa shape index (κ1) is 19.1. The second-order valence-electron chi connectivity index (χ2n) is 5.47. The van der Waals surface area contributed by atoms with Crippen LogP contribution in [0.5, 0.6) is 11.5 Å². The van der Waals surface area contributed by atoms with E-state index in [-0.39, 0.29) is 11.7 Å². The van der Waals surface area contributed by atoms with Gasteiger partial charge in [-0.3, -0.25) is 9.69 Å². The Morgan fingerprint density at radius 2 is 2.22 bits per heavy atom. The van der Waals surface area contributed by atoms with Crippen molar-refractivity contribution in [3.8, 4) is 11.5 Å². The molecule has 0 atom stereocenters. The van der Waals surface area contributed by atoms with Gasteiger partial charge in [-0.15, -0.1) is 16.8 Å².